The second-order valence-corrected chi connectivity index (χ2v) is 6.82. The van der Waals surface area contributed by atoms with Gasteiger partial charge in [0.05, 0.1) is 16.8 Å². The molecule has 2 aromatic heterocycles. The summed E-state index contributed by atoms with van der Waals surface area (Å²) in [6.07, 6.45) is -1.10. The third-order valence-electron chi connectivity index (χ3n) is 4.86. The predicted molar refractivity (Wildman–Crippen MR) is 97.3 cm³/mol. The van der Waals surface area contributed by atoms with Crippen LogP contribution in [-0.2, 0) is 25.7 Å². The Labute approximate surface area is 163 Å². The van der Waals surface area contributed by atoms with E-state index in [9.17, 15) is 22.4 Å². The molecule has 1 aliphatic rings. The quantitative estimate of drug-likeness (QED) is 0.679. The second-order valence-electron chi connectivity index (χ2n) is 6.82. The van der Waals surface area contributed by atoms with Crippen LogP contribution in [0, 0.1) is 5.82 Å². The molecule has 1 aliphatic heterocycles. The average molecular weight is 404 g/mol. The first kappa shape index (κ1) is 19.3. The van der Waals surface area contributed by atoms with Crippen molar-refractivity contribution in [3.8, 4) is 11.4 Å². The summed E-state index contributed by atoms with van der Waals surface area (Å²) >= 11 is 0. The summed E-state index contributed by atoms with van der Waals surface area (Å²) in [7, 11) is 0. The van der Waals surface area contributed by atoms with Gasteiger partial charge in [0.15, 0.2) is 0 Å². The van der Waals surface area contributed by atoms with Gasteiger partial charge < -0.3 is 4.98 Å². The molecule has 0 atom stereocenters. The molecule has 150 valence electrons. The lowest BCUT2D eigenvalue weighted by Crippen LogP contribution is -2.35. The molecule has 0 saturated heterocycles. The van der Waals surface area contributed by atoms with Crippen molar-refractivity contribution in [2.75, 3.05) is 6.54 Å². The van der Waals surface area contributed by atoms with Crippen molar-refractivity contribution in [2.24, 2.45) is 0 Å². The number of hydrogen-bond donors (Lipinski definition) is 1. The van der Waals surface area contributed by atoms with Gasteiger partial charge in [-0.25, -0.2) is 9.37 Å². The Morgan fingerprint density at radius 2 is 2.00 bits per heavy atom. The maximum absolute atomic E-state index is 14.3. The van der Waals surface area contributed by atoms with Gasteiger partial charge in [-0.05, 0) is 18.2 Å². The van der Waals surface area contributed by atoms with Gasteiger partial charge in [-0.3, -0.25) is 14.7 Å². The van der Waals surface area contributed by atoms with Gasteiger partial charge >= 0.3 is 6.18 Å². The van der Waals surface area contributed by atoms with Crippen molar-refractivity contribution in [1.82, 2.24) is 19.9 Å². The molecule has 0 aliphatic carbocycles. The minimum atomic E-state index is -4.75. The normalized spacial score (nSPS) is 14.6. The number of H-pyrrole nitrogens is 1. The van der Waals surface area contributed by atoms with Gasteiger partial charge in [-0.2, -0.15) is 13.2 Å². The number of halogens is 4. The molecule has 29 heavy (non-hydrogen) atoms. The molecule has 9 heteroatoms. The second kappa shape index (κ2) is 7.40. The first-order valence-electron chi connectivity index (χ1n) is 8.92. The van der Waals surface area contributed by atoms with E-state index >= 15 is 0 Å². The molecule has 0 unspecified atom stereocenters. The van der Waals surface area contributed by atoms with Crippen LogP contribution in [-0.4, -0.2) is 26.4 Å². The molecule has 0 saturated carbocycles. The standard InChI is InChI=1S/C20H16F4N4O/c21-17-13(3-1-5-15(17)20(22,23)24)10-28-8-6-16-14(11-28)19(29)27-18(26-16)12-4-2-7-25-9-12/h1-5,7,9H,6,8,10-11H2,(H,26,27,29). The van der Waals surface area contributed by atoms with Crippen molar-refractivity contribution in [3.63, 3.8) is 0 Å². The summed E-state index contributed by atoms with van der Waals surface area (Å²) in [5, 5.41) is 0. The minimum Gasteiger partial charge on any atom is -0.306 e. The van der Waals surface area contributed by atoms with E-state index in [1.165, 1.54) is 12.1 Å². The predicted octanol–water partition coefficient (Wildman–Crippen LogP) is 3.55. The lowest BCUT2D eigenvalue weighted by molar-refractivity contribution is -0.140. The van der Waals surface area contributed by atoms with Gasteiger partial charge in [0.1, 0.15) is 11.6 Å². The van der Waals surface area contributed by atoms with Crippen molar-refractivity contribution >= 4 is 0 Å². The smallest absolute Gasteiger partial charge is 0.306 e. The van der Waals surface area contributed by atoms with E-state index in [1.54, 1.807) is 29.4 Å². The van der Waals surface area contributed by atoms with E-state index in [2.05, 4.69) is 15.0 Å². The highest BCUT2D eigenvalue weighted by molar-refractivity contribution is 5.53. The molecule has 1 N–H and O–H groups in total. The minimum absolute atomic E-state index is 0.0288. The summed E-state index contributed by atoms with van der Waals surface area (Å²) in [6, 6.07) is 6.75. The van der Waals surface area contributed by atoms with E-state index in [0.29, 0.717) is 35.6 Å². The molecule has 3 aromatic rings. The number of nitrogens with one attached hydrogen (secondary N) is 1. The van der Waals surface area contributed by atoms with Gasteiger partial charge in [0.25, 0.3) is 5.56 Å². The number of fused-ring (bicyclic) bond motifs is 1. The SMILES string of the molecule is O=c1[nH]c(-c2cccnc2)nc2c1CN(Cc1cccc(C(F)(F)F)c1F)CC2. The number of alkyl halides is 3. The van der Waals surface area contributed by atoms with E-state index in [4.69, 9.17) is 0 Å². The summed E-state index contributed by atoms with van der Waals surface area (Å²) in [5.74, 6) is -0.857. The first-order valence-corrected chi connectivity index (χ1v) is 8.92. The van der Waals surface area contributed by atoms with Crippen LogP contribution >= 0.6 is 0 Å². The summed E-state index contributed by atoms with van der Waals surface area (Å²) in [4.78, 5) is 25.5. The molecule has 1 aromatic carbocycles. The van der Waals surface area contributed by atoms with Crippen molar-refractivity contribution < 1.29 is 17.6 Å². The van der Waals surface area contributed by atoms with E-state index in [1.807, 2.05) is 0 Å². The largest absolute Gasteiger partial charge is 0.419 e. The molecular weight excluding hydrogens is 388 g/mol. The van der Waals surface area contributed by atoms with Crippen LogP contribution in [0.15, 0.2) is 47.5 Å². The highest BCUT2D eigenvalue weighted by Gasteiger charge is 2.35. The Morgan fingerprint density at radius 3 is 2.72 bits per heavy atom. The third-order valence-corrected chi connectivity index (χ3v) is 4.86. The number of hydrogen-bond acceptors (Lipinski definition) is 4. The lowest BCUT2D eigenvalue weighted by atomic mass is 10.0. The van der Waals surface area contributed by atoms with Crippen molar-refractivity contribution in [1.29, 1.82) is 0 Å². The van der Waals surface area contributed by atoms with Crippen molar-refractivity contribution in [3.05, 3.63) is 81.3 Å². The topological polar surface area (TPSA) is 61.9 Å². The van der Waals surface area contributed by atoms with E-state index < -0.39 is 17.6 Å². The van der Waals surface area contributed by atoms with Crippen LogP contribution in [0.2, 0.25) is 0 Å². The fourth-order valence-electron chi connectivity index (χ4n) is 3.42. The van der Waals surface area contributed by atoms with Crippen LogP contribution in [0.5, 0.6) is 0 Å². The summed E-state index contributed by atoms with van der Waals surface area (Å²) in [6.45, 7) is 0.602. The Bertz CT molecular complexity index is 1100. The van der Waals surface area contributed by atoms with E-state index in [0.717, 1.165) is 6.07 Å². The third kappa shape index (κ3) is 3.91. The summed E-state index contributed by atoms with van der Waals surface area (Å²) < 4.78 is 53.1. The zero-order chi connectivity index (χ0) is 20.6. The maximum Gasteiger partial charge on any atom is 0.419 e. The van der Waals surface area contributed by atoms with Crippen LogP contribution < -0.4 is 5.56 Å². The molecule has 0 radical (unpaired) electrons. The number of pyridine rings is 1. The van der Waals surface area contributed by atoms with Gasteiger partial charge in [-0.1, -0.05) is 12.1 Å². The molecule has 0 spiro atoms. The number of benzene rings is 1. The molecule has 0 fully saturated rings. The molecular formula is C20H16F4N4O. The number of aromatic amines is 1. The zero-order valence-electron chi connectivity index (χ0n) is 15.1. The van der Waals surface area contributed by atoms with Gasteiger partial charge in [-0.15, -0.1) is 0 Å². The van der Waals surface area contributed by atoms with Crippen LogP contribution in [0.25, 0.3) is 11.4 Å². The zero-order valence-corrected chi connectivity index (χ0v) is 15.1. The highest BCUT2D eigenvalue weighted by atomic mass is 19.4. The van der Waals surface area contributed by atoms with Crippen molar-refractivity contribution in [2.45, 2.75) is 25.7 Å². The van der Waals surface area contributed by atoms with Gasteiger partial charge in [0.2, 0.25) is 0 Å². The molecule has 0 bridgehead atoms. The maximum atomic E-state index is 14.3. The lowest BCUT2D eigenvalue weighted by Gasteiger charge is -2.28. The Hall–Kier alpha value is -3.07. The monoisotopic (exact) mass is 404 g/mol. The number of aromatic nitrogens is 3. The Balaban J connectivity index is 1.58. The summed E-state index contributed by atoms with van der Waals surface area (Å²) in [5.41, 5.74) is 0.0984. The van der Waals surface area contributed by atoms with Crippen LogP contribution in [0.1, 0.15) is 22.4 Å². The number of nitrogens with zero attached hydrogens (tertiary/aromatic N) is 3. The fourth-order valence-corrected chi connectivity index (χ4v) is 3.42. The molecule has 0 amide bonds. The van der Waals surface area contributed by atoms with Crippen LogP contribution in [0.4, 0.5) is 17.6 Å². The molecule has 5 nitrogen and oxygen atoms in total. The molecule has 4 rings (SSSR count). The van der Waals surface area contributed by atoms with Gasteiger partial charge in [0, 0.05) is 49.6 Å². The fraction of sp³-hybridized carbons (Fsp3) is 0.250. The first-order chi connectivity index (χ1) is 13.8. The highest BCUT2D eigenvalue weighted by Crippen LogP contribution is 2.33. The average Bonchev–Trinajstić information content (AvgIpc) is 2.69. The van der Waals surface area contributed by atoms with E-state index in [-0.39, 0.29) is 24.2 Å². The number of rotatable bonds is 3. The Morgan fingerprint density at radius 1 is 1.17 bits per heavy atom. The Kier molecular flexibility index (Phi) is 4.91. The van der Waals surface area contributed by atoms with Crippen LogP contribution in [0.3, 0.4) is 0 Å². The molecule has 3 heterocycles.